The molecular formula is C19H30N4O3S. The molecule has 0 aromatic carbocycles. The fourth-order valence-corrected chi connectivity index (χ4v) is 5.25. The van der Waals surface area contributed by atoms with Gasteiger partial charge in [0, 0.05) is 45.3 Å². The maximum atomic E-state index is 12.5. The zero-order valence-corrected chi connectivity index (χ0v) is 16.7. The Morgan fingerprint density at radius 1 is 1.11 bits per heavy atom. The van der Waals surface area contributed by atoms with Crippen molar-refractivity contribution in [2.45, 2.75) is 38.5 Å². The lowest BCUT2D eigenvalue weighted by molar-refractivity contribution is -0.122. The number of sulfonamides is 1. The highest BCUT2D eigenvalue weighted by Gasteiger charge is 2.27. The van der Waals surface area contributed by atoms with E-state index >= 15 is 0 Å². The molecule has 27 heavy (non-hydrogen) atoms. The van der Waals surface area contributed by atoms with Crippen LogP contribution in [-0.2, 0) is 14.8 Å². The quantitative estimate of drug-likeness (QED) is 0.760. The summed E-state index contributed by atoms with van der Waals surface area (Å²) in [6.07, 6.45) is 8.19. The number of hydrogen-bond acceptors (Lipinski definition) is 5. The summed E-state index contributed by atoms with van der Waals surface area (Å²) < 4.78 is 26.6. The van der Waals surface area contributed by atoms with Crippen LogP contribution in [0.15, 0.2) is 24.4 Å². The van der Waals surface area contributed by atoms with E-state index in [9.17, 15) is 13.2 Å². The van der Waals surface area contributed by atoms with Crippen molar-refractivity contribution in [3.05, 3.63) is 24.4 Å². The number of carbonyl (C=O) groups excluding carboxylic acids is 1. The molecule has 1 aromatic heterocycles. The van der Waals surface area contributed by atoms with Gasteiger partial charge in [-0.3, -0.25) is 4.79 Å². The van der Waals surface area contributed by atoms with Crippen LogP contribution in [0.1, 0.15) is 38.5 Å². The molecule has 0 bridgehead atoms. The molecule has 0 spiro atoms. The van der Waals surface area contributed by atoms with Gasteiger partial charge in [-0.2, -0.15) is 4.31 Å². The van der Waals surface area contributed by atoms with E-state index in [0.29, 0.717) is 38.5 Å². The number of carbonyl (C=O) groups is 1. The third-order valence-corrected chi connectivity index (χ3v) is 7.36. The molecule has 0 radical (unpaired) electrons. The van der Waals surface area contributed by atoms with E-state index in [-0.39, 0.29) is 18.2 Å². The van der Waals surface area contributed by atoms with Crippen LogP contribution in [0.4, 0.5) is 5.82 Å². The molecule has 1 aliphatic carbocycles. The molecule has 0 atom stereocenters. The van der Waals surface area contributed by atoms with E-state index in [1.165, 1.54) is 23.6 Å². The molecule has 2 fully saturated rings. The normalized spacial score (nSPS) is 19.8. The highest BCUT2D eigenvalue weighted by atomic mass is 32.2. The van der Waals surface area contributed by atoms with E-state index in [1.54, 1.807) is 6.20 Å². The summed E-state index contributed by atoms with van der Waals surface area (Å²) in [5.74, 6) is 1.30. The van der Waals surface area contributed by atoms with E-state index < -0.39 is 10.0 Å². The molecular weight excluding hydrogens is 364 g/mol. The Kier molecular flexibility index (Phi) is 7.07. The third kappa shape index (κ3) is 5.90. The minimum Gasteiger partial charge on any atom is -0.355 e. The number of nitrogens with zero attached hydrogens (tertiary/aromatic N) is 3. The van der Waals surface area contributed by atoms with Crippen LogP contribution in [0.25, 0.3) is 0 Å². The van der Waals surface area contributed by atoms with Gasteiger partial charge in [0.2, 0.25) is 15.9 Å². The number of anilines is 1. The summed E-state index contributed by atoms with van der Waals surface area (Å²) in [6, 6.07) is 5.74. The Balaban J connectivity index is 1.39. The van der Waals surface area contributed by atoms with Crippen LogP contribution in [0.5, 0.6) is 0 Å². The maximum Gasteiger partial charge on any atom is 0.220 e. The van der Waals surface area contributed by atoms with Gasteiger partial charge >= 0.3 is 0 Å². The van der Waals surface area contributed by atoms with Crippen molar-refractivity contribution in [3.63, 3.8) is 0 Å². The largest absolute Gasteiger partial charge is 0.355 e. The number of pyridine rings is 1. The van der Waals surface area contributed by atoms with Gasteiger partial charge < -0.3 is 10.2 Å². The summed E-state index contributed by atoms with van der Waals surface area (Å²) in [4.78, 5) is 18.5. The van der Waals surface area contributed by atoms with Gasteiger partial charge in [-0.25, -0.2) is 13.4 Å². The Hall–Kier alpha value is -1.67. The Morgan fingerprint density at radius 2 is 1.85 bits per heavy atom. The van der Waals surface area contributed by atoms with Crippen molar-refractivity contribution in [2.24, 2.45) is 5.92 Å². The van der Waals surface area contributed by atoms with E-state index in [4.69, 9.17) is 0 Å². The zero-order chi connectivity index (χ0) is 19.1. The standard InChI is InChI=1S/C19H30N4O3S/c24-19(16-17-6-2-1-3-7-17)21-10-15-27(25,26)23-13-11-22(12-14-23)18-8-4-5-9-20-18/h4-5,8-9,17H,1-3,6-7,10-16H2,(H,21,24). The van der Waals surface area contributed by atoms with E-state index in [0.717, 1.165) is 18.7 Å². The molecule has 0 unspecified atom stereocenters. The summed E-state index contributed by atoms with van der Waals surface area (Å²) in [6.45, 7) is 2.35. The lowest BCUT2D eigenvalue weighted by Crippen LogP contribution is -2.50. The summed E-state index contributed by atoms with van der Waals surface area (Å²) in [5.41, 5.74) is 0. The van der Waals surface area contributed by atoms with E-state index in [2.05, 4.69) is 15.2 Å². The molecule has 3 rings (SSSR count). The van der Waals surface area contributed by atoms with Gasteiger partial charge in [0.1, 0.15) is 5.82 Å². The Labute approximate surface area is 162 Å². The predicted molar refractivity (Wildman–Crippen MR) is 106 cm³/mol. The molecule has 1 aromatic rings. The molecule has 2 aliphatic rings. The zero-order valence-electron chi connectivity index (χ0n) is 15.8. The first-order chi connectivity index (χ1) is 13.0. The molecule has 2 heterocycles. The fraction of sp³-hybridized carbons (Fsp3) is 0.684. The monoisotopic (exact) mass is 394 g/mol. The minimum absolute atomic E-state index is 0.0166. The first-order valence-corrected chi connectivity index (χ1v) is 11.6. The Bertz CT molecular complexity index is 697. The first-order valence-electron chi connectivity index (χ1n) is 9.95. The summed E-state index contributed by atoms with van der Waals surface area (Å²) in [5, 5.41) is 2.79. The van der Waals surface area contributed by atoms with Gasteiger partial charge in [0.05, 0.1) is 5.75 Å². The molecule has 1 amide bonds. The van der Waals surface area contributed by atoms with Crippen molar-refractivity contribution in [3.8, 4) is 0 Å². The highest BCUT2D eigenvalue weighted by Crippen LogP contribution is 2.26. The van der Waals surface area contributed by atoms with Crippen LogP contribution in [0, 0.1) is 5.92 Å². The molecule has 1 saturated carbocycles. The first kappa shape index (κ1) is 20.1. The van der Waals surface area contributed by atoms with Gasteiger partial charge in [0.15, 0.2) is 0 Å². The fourth-order valence-electron chi connectivity index (χ4n) is 3.91. The maximum absolute atomic E-state index is 12.5. The lowest BCUT2D eigenvalue weighted by atomic mass is 9.87. The van der Waals surface area contributed by atoms with Crippen molar-refractivity contribution in [1.29, 1.82) is 0 Å². The van der Waals surface area contributed by atoms with Crippen molar-refractivity contribution in [2.75, 3.05) is 43.4 Å². The lowest BCUT2D eigenvalue weighted by Gasteiger charge is -2.34. The molecule has 1 N–H and O–H groups in total. The van der Waals surface area contributed by atoms with Crippen molar-refractivity contribution < 1.29 is 13.2 Å². The molecule has 7 nitrogen and oxygen atoms in total. The SMILES string of the molecule is O=C(CC1CCCCC1)NCCS(=O)(=O)N1CCN(c2ccccn2)CC1. The van der Waals surface area contributed by atoms with Gasteiger partial charge in [0.25, 0.3) is 0 Å². The molecule has 1 aliphatic heterocycles. The second kappa shape index (κ2) is 9.50. The second-order valence-electron chi connectivity index (χ2n) is 7.45. The van der Waals surface area contributed by atoms with E-state index in [1.807, 2.05) is 18.2 Å². The third-order valence-electron chi connectivity index (χ3n) is 5.49. The van der Waals surface area contributed by atoms with Gasteiger partial charge in [-0.1, -0.05) is 25.3 Å². The molecule has 8 heteroatoms. The predicted octanol–water partition coefficient (Wildman–Crippen LogP) is 1.62. The second-order valence-corrected chi connectivity index (χ2v) is 9.54. The van der Waals surface area contributed by atoms with Crippen LogP contribution in [-0.4, -0.2) is 62.1 Å². The number of nitrogens with one attached hydrogen (secondary N) is 1. The highest BCUT2D eigenvalue weighted by molar-refractivity contribution is 7.89. The van der Waals surface area contributed by atoms with Gasteiger partial charge in [-0.15, -0.1) is 0 Å². The average molecular weight is 395 g/mol. The van der Waals surface area contributed by atoms with Crippen LogP contribution >= 0.6 is 0 Å². The molecule has 1 saturated heterocycles. The van der Waals surface area contributed by atoms with Crippen LogP contribution in [0.3, 0.4) is 0 Å². The topological polar surface area (TPSA) is 82.6 Å². The molecule has 150 valence electrons. The summed E-state index contributed by atoms with van der Waals surface area (Å²) >= 11 is 0. The average Bonchev–Trinajstić information content (AvgIpc) is 2.69. The smallest absolute Gasteiger partial charge is 0.220 e. The van der Waals surface area contributed by atoms with Crippen molar-refractivity contribution in [1.82, 2.24) is 14.6 Å². The minimum atomic E-state index is -3.35. The summed E-state index contributed by atoms with van der Waals surface area (Å²) in [7, 11) is -3.35. The number of rotatable bonds is 7. The number of amides is 1. The van der Waals surface area contributed by atoms with Gasteiger partial charge in [-0.05, 0) is 30.9 Å². The number of aromatic nitrogens is 1. The number of piperazine rings is 1. The number of hydrogen-bond donors (Lipinski definition) is 1. The van der Waals surface area contributed by atoms with Crippen LogP contribution < -0.4 is 10.2 Å². The van der Waals surface area contributed by atoms with Crippen LogP contribution in [0.2, 0.25) is 0 Å². The van der Waals surface area contributed by atoms with Crippen molar-refractivity contribution >= 4 is 21.7 Å². The Morgan fingerprint density at radius 3 is 2.52 bits per heavy atom.